The van der Waals surface area contributed by atoms with Crippen LogP contribution in [-0.4, -0.2) is 28.9 Å². The van der Waals surface area contributed by atoms with E-state index >= 15 is 0 Å². The van der Waals surface area contributed by atoms with Crippen molar-refractivity contribution in [3.63, 3.8) is 0 Å². The number of hydrogen-bond acceptors (Lipinski definition) is 5. The van der Waals surface area contributed by atoms with Crippen LogP contribution in [0.5, 0.6) is 0 Å². The Morgan fingerprint density at radius 2 is 2.15 bits per heavy atom. The van der Waals surface area contributed by atoms with Crippen LogP contribution >= 0.6 is 0 Å². The first-order valence-corrected chi connectivity index (χ1v) is 7.51. The van der Waals surface area contributed by atoms with Crippen LogP contribution in [-0.2, 0) is 19.2 Å². The van der Waals surface area contributed by atoms with Crippen molar-refractivity contribution in [2.75, 3.05) is 0 Å². The molecule has 4 aliphatic heterocycles. The first-order chi connectivity index (χ1) is 9.46. The molecular formula is C15H22O5. The average molecular weight is 282 g/mol. The average Bonchev–Trinajstić information content (AvgIpc) is 2.64. The normalized spacial score (nSPS) is 57.4. The maximum Gasteiger partial charge on any atom is 0.235 e. The molecule has 0 aromatic carbocycles. The van der Waals surface area contributed by atoms with Crippen molar-refractivity contribution in [1.29, 1.82) is 0 Å². The molecule has 112 valence electrons. The number of ether oxygens (including phenoxy) is 2. The van der Waals surface area contributed by atoms with E-state index in [2.05, 4.69) is 6.92 Å². The monoisotopic (exact) mass is 282 g/mol. The third-order valence-electron chi connectivity index (χ3n) is 5.77. The lowest BCUT2D eigenvalue weighted by atomic mass is 9.59. The van der Waals surface area contributed by atoms with Crippen LogP contribution in [0, 0.1) is 17.8 Å². The summed E-state index contributed by atoms with van der Waals surface area (Å²) in [6.45, 7) is 6.01. The zero-order valence-electron chi connectivity index (χ0n) is 12.2. The summed E-state index contributed by atoms with van der Waals surface area (Å²) in [5, 5.41) is 10.4. The Morgan fingerprint density at radius 1 is 1.35 bits per heavy atom. The second-order valence-electron chi connectivity index (χ2n) is 6.96. The van der Waals surface area contributed by atoms with Gasteiger partial charge in [0.1, 0.15) is 0 Å². The molecule has 5 rings (SSSR count). The van der Waals surface area contributed by atoms with Crippen molar-refractivity contribution in [2.24, 2.45) is 17.8 Å². The molecule has 0 amide bonds. The Labute approximate surface area is 118 Å². The van der Waals surface area contributed by atoms with Gasteiger partial charge < -0.3 is 14.6 Å². The molecule has 0 unspecified atom stereocenters. The molecule has 0 radical (unpaired) electrons. The molecule has 3 saturated heterocycles. The van der Waals surface area contributed by atoms with E-state index in [1.54, 1.807) is 6.26 Å². The highest BCUT2D eigenvalue weighted by Gasteiger charge is 2.68. The first-order valence-electron chi connectivity index (χ1n) is 7.51. The molecule has 1 aliphatic carbocycles. The summed E-state index contributed by atoms with van der Waals surface area (Å²) < 4.78 is 11.9. The van der Waals surface area contributed by atoms with Gasteiger partial charge in [0, 0.05) is 18.3 Å². The lowest BCUT2D eigenvalue weighted by Gasteiger charge is -2.57. The van der Waals surface area contributed by atoms with Gasteiger partial charge in [0.25, 0.3) is 0 Å². The summed E-state index contributed by atoms with van der Waals surface area (Å²) >= 11 is 0. The van der Waals surface area contributed by atoms with Crippen molar-refractivity contribution in [2.45, 2.75) is 63.8 Å². The molecule has 5 aliphatic rings. The van der Waals surface area contributed by atoms with Crippen molar-refractivity contribution in [3.05, 3.63) is 11.8 Å². The highest BCUT2D eigenvalue weighted by Crippen LogP contribution is 2.59. The van der Waals surface area contributed by atoms with Crippen LogP contribution in [0.25, 0.3) is 0 Å². The zero-order valence-corrected chi connectivity index (χ0v) is 12.2. The van der Waals surface area contributed by atoms with E-state index in [0.29, 0.717) is 6.42 Å². The lowest BCUT2D eigenvalue weighted by Crippen LogP contribution is -2.67. The van der Waals surface area contributed by atoms with Crippen molar-refractivity contribution in [1.82, 2.24) is 0 Å². The minimum Gasteiger partial charge on any atom is -0.469 e. The van der Waals surface area contributed by atoms with E-state index in [-0.39, 0.29) is 23.9 Å². The van der Waals surface area contributed by atoms with E-state index in [0.717, 1.165) is 18.4 Å². The second-order valence-corrected chi connectivity index (χ2v) is 6.96. The fourth-order valence-corrected chi connectivity index (χ4v) is 4.51. The minimum absolute atomic E-state index is 0.0834. The molecule has 1 spiro atoms. The van der Waals surface area contributed by atoms with Crippen molar-refractivity contribution >= 4 is 0 Å². The molecule has 7 atom stereocenters. The van der Waals surface area contributed by atoms with E-state index < -0.39 is 17.7 Å². The Morgan fingerprint density at radius 3 is 2.95 bits per heavy atom. The molecule has 5 heteroatoms. The summed E-state index contributed by atoms with van der Waals surface area (Å²) in [4.78, 5) is 11.6. The molecule has 20 heavy (non-hydrogen) atoms. The van der Waals surface area contributed by atoms with Crippen LogP contribution in [0.1, 0.15) is 40.0 Å². The molecule has 4 fully saturated rings. The van der Waals surface area contributed by atoms with Crippen LogP contribution < -0.4 is 0 Å². The molecule has 5 nitrogen and oxygen atoms in total. The van der Waals surface area contributed by atoms with E-state index in [1.165, 1.54) is 0 Å². The predicted octanol–water partition coefficient (Wildman–Crippen LogP) is 2.11. The Balaban J connectivity index is 1.86. The molecule has 4 heterocycles. The summed E-state index contributed by atoms with van der Waals surface area (Å²) in [5.74, 6) is -0.341. The molecular weight excluding hydrogens is 260 g/mol. The lowest BCUT2D eigenvalue weighted by molar-refractivity contribution is -0.556. The van der Waals surface area contributed by atoms with Gasteiger partial charge in [-0.15, -0.1) is 0 Å². The number of aliphatic hydroxyl groups excluding tert-OH is 1. The van der Waals surface area contributed by atoms with Gasteiger partial charge in [-0.1, -0.05) is 6.92 Å². The van der Waals surface area contributed by atoms with Crippen LogP contribution in [0.2, 0.25) is 0 Å². The maximum absolute atomic E-state index is 10.4. The number of hydrogen-bond donors (Lipinski definition) is 1. The Hall–Kier alpha value is -0.620. The maximum atomic E-state index is 10.4. The molecule has 1 N–H and O–H groups in total. The third kappa shape index (κ3) is 1.47. The van der Waals surface area contributed by atoms with Gasteiger partial charge in [0.2, 0.25) is 12.1 Å². The quantitative estimate of drug-likeness (QED) is 0.690. The smallest absolute Gasteiger partial charge is 0.235 e. The first kappa shape index (κ1) is 13.1. The molecule has 0 aromatic rings. The van der Waals surface area contributed by atoms with Gasteiger partial charge in [0.15, 0.2) is 5.60 Å². The molecule has 2 bridgehead atoms. The third-order valence-corrected chi connectivity index (χ3v) is 5.77. The summed E-state index contributed by atoms with van der Waals surface area (Å²) in [6, 6.07) is 0. The van der Waals surface area contributed by atoms with Crippen LogP contribution in [0.15, 0.2) is 11.8 Å². The van der Waals surface area contributed by atoms with Crippen LogP contribution in [0.3, 0.4) is 0 Å². The largest absolute Gasteiger partial charge is 0.469 e. The Kier molecular flexibility index (Phi) is 2.60. The number of fused-ring (bicyclic) bond motifs is 2. The summed E-state index contributed by atoms with van der Waals surface area (Å²) in [7, 11) is 0. The second kappa shape index (κ2) is 3.97. The van der Waals surface area contributed by atoms with E-state index in [1.807, 2.05) is 13.8 Å². The topological polar surface area (TPSA) is 57.2 Å². The van der Waals surface area contributed by atoms with E-state index in [4.69, 9.17) is 19.2 Å². The SMILES string of the molecule is CC1=CO[C@@H]2O[C@@]3(C)CC[C@H]4[C@H](C)[C@@H](O)C[C@@H]1[C@@]24OO3. The summed E-state index contributed by atoms with van der Waals surface area (Å²) in [6.07, 6.45) is 3.33. The van der Waals surface area contributed by atoms with Crippen LogP contribution in [0.4, 0.5) is 0 Å². The summed E-state index contributed by atoms with van der Waals surface area (Å²) in [5.41, 5.74) is 0.475. The standard InChI is InChI=1S/C15H22O5/c1-8-7-17-13-15-10(9(2)12(16)6-11(8)15)4-5-14(3,18-13)19-20-15/h7,9-13,16H,4-6H2,1-3H3/t9-,10-,11-,12-,13+,14+,15+/m0/s1. The molecule has 0 aromatic heterocycles. The van der Waals surface area contributed by atoms with Gasteiger partial charge in [0.05, 0.1) is 12.4 Å². The van der Waals surface area contributed by atoms with E-state index in [9.17, 15) is 5.11 Å². The van der Waals surface area contributed by atoms with Gasteiger partial charge in [-0.3, -0.25) is 0 Å². The fraction of sp³-hybridized carbons (Fsp3) is 0.867. The highest BCUT2D eigenvalue weighted by molar-refractivity contribution is 5.20. The fourth-order valence-electron chi connectivity index (χ4n) is 4.51. The van der Waals surface area contributed by atoms with Gasteiger partial charge >= 0.3 is 0 Å². The van der Waals surface area contributed by atoms with Gasteiger partial charge in [-0.2, -0.15) is 0 Å². The predicted molar refractivity (Wildman–Crippen MR) is 69.0 cm³/mol. The van der Waals surface area contributed by atoms with Crippen molar-refractivity contribution < 1.29 is 24.4 Å². The number of aliphatic hydroxyl groups is 1. The number of rotatable bonds is 0. The minimum atomic E-state index is -0.748. The van der Waals surface area contributed by atoms with Gasteiger partial charge in [-0.25, -0.2) is 9.78 Å². The molecule has 1 saturated carbocycles. The highest BCUT2D eigenvalue weighted by atomic mass is 17.3. The van der Waals surface area contributed by atoms with Gasteiger partial charge in [-0.05, 0) is 38.2 Å². The zero-order chi connectivity index (χ0) is 14.1. The Bertz CT molecular complexity index is 463. The van der Waals surface area contributed by atoms with Crippen molar-refractivity contribution in [3.8, 4) is 0 Å².